The molecule has 0 spiro atoms. The molecule has 1 atom stereocenters. The molecule has 1 aromatic rings. The van der Waals surface area contributed by atoms with Crippen molar-refractivity contribution in [3.05, 3.63) is 29.8 Å². The molecule has 0 bridgehead atoms. The summed E-state index contributed by atoms with van der Waals surface area (Å²) in [5.41, 5.74) is 1.28. The van der Waals surface area contributed by atoms with Gasteiger partial charge >= 0.3 is 0 Å². The van der Waals surface area contributed by atoms with E-state index in [1.807, 2.05) is 6.07 Å². The van der Waals surface area contributed by atoms with Crippen molar-refractivity contribution in [3.8, 4) is 5.75 Å². The molecule has 3 nitrogen and oxygen atoms in total. The summed E-state index contributed by atoms with van der Waals surface area (Å²) in [4.78, 5) is 2.42. The van der Waals surface area contributed by atoms with Crippen LogP contribution < -0.4 is 10.1 Å². The van der Waals surface area contributed by atoms with Gasteiger partial charge in [-0.05, 0) is 57.0 Å². The normalized spacial score (nSPS) is 16.4. The topological polar surface area (TPSA) is 24.5 Å². The summed E-state index contributed by atoms with van der Waals surface area (Å²) in [5.74, 6) is 1.90. The molecule has 1 aromatic carbocycles. The number of benzene rings is 1. The summed E-state index contributed by atoms with van der Waals surface area (Å²) in [6.45, 7) is 8.11. The lowest BCUT2D eigenvalue weighted by atomic mass is 10.2. The smallest absolute Gasteiger partial charge is 0.119 e. The zero-order valence-corrected chi connectivity index (χ0v) is 13.1. The van der Waals surface area contributed by atoms with Gasteiger partial charge < -0.3 is 15.0 Å². The summed E-state index contributed by atoms with van der Waals surface area (Å²) in [5, 5.41) is 3.34. The highest BCUT2D eigenvalue weighted by Gasteiger charge is 2.30. The van der Waals surface area contributed by atoms with E-state index >= 15 is 0 Å². The summed E-state index contributed by atoms with van der Waals surface area (Å²) >= 11 is 0. The van der Waals surface area contributed by atoms with Crippen LogP contribution in [-0.2, 0) is 6.54 Å². The minimum atomic E-state index is 0.693. The molecule has 1 saturated carbocycles. The number of hydrogen-bond acceptors (Lipinski definition) is 3. The van der Waals surface area contributed by atoms with Crippen LogP contribution in [0.5, 0.6) is 5.75 Å². The number of nitrogens with one attached hydrogen (secondary N) is 1. The van der Waals surface area contributed by atoms with E-state index in [9.17, 15) is 0 Å². The summed E-state index contributed by atoms with van der Waals surface area (Å²) in [7, 11) is 2.20. The van der Waals surface area contributed by atoms with Gasteiger partial charge in [0.1, 0.15) is 12.4 Å². The number of likely N-dealkylation sites (N-methyl/N-ethyl adjacent to an activating group) is 1. The summed E-state index contributed by atoms with van der Waals surface area (Å²) in [6.07, 6.45) is 2.80. The van der Waals surface area contributed by atoms with Crippen LogP contribution in [0.3, 0.4) is 0 Å². The van der Waals surface area contributed by atoms with Crippen LogP contribution in [0.1, 0.15) is 32.3 Å². The molecule has 0 aromatic heterocycles. The summed E-state index contributed by atoms with van der Waals surface area (Å²) < 4.78 is 5.88. The molecule has 0 saturated heterocycles. The first-order chi connectivity index (χ1) is 9.70. The van der Waals surface area contributed by atoms with Gasteiger partial charge in [-0.15, -0.1) is 0 Å². The summed E-state index contributed by atoms with van der Waals surface area (Å²) in [6, 6.07) is 9.07. The molecule has 1 unspecified atom stereocenters. The molecule has 112 valence electrons. The first-order valence-electron chi connectivity index (χ1n) is 7.83. The zero-order valence-electron chi connectivity index (χ0n) is 13.1. The molecule has 2 rings (SSSR count). The third-order valence-corrected chi connectivity index (χ3v) is 4.19. The molecule has 0 amide bonds. The predicted molar refractivity (Wildman–Crippen MR) is 84.1 cm³/mol. The second-order valence-corrected chi connectivity index (χ2v) is 5.83. The molecule has 1 aliphatic rings. The number of hydrogen-bond donors (Lipinski definition) is 1. The zero-order chi connectivity index (χ0) is 14.4. The number of nitrogens with zero attached hydrogens (tertiary/aromatic N) is 1. The Labute approximate surface area is 123 Å². The number of ether oxygens (including phenoxy) is 1. The highest BCUT2D eigenvalue weighted by molar-refractivity contribution is 5.28. The standard InChI is InChI=1S/C17H28N2O/c1-4-18-13-15-6-5-7-17(12-15)20-11-10-19(3)14(2)16-8-9-16/h5-7,12,14,16,18H,4,8-11,13H2,1-3H3. The molecular weight excluding hydrogens is 248 g/mol. The maximum atomic E-state index is 5.88. The second kappa shape index (κ2) is 7.65. The molecule has 20 heavy (non-hydrogen) atoms. The van der Waals surface area contributed by atoms with Crippen LogP contribution in [0, 0.1) is 5.92 Å². The van der Waals surface area contributed by atoms with Crippen LogP contribution in [0.2, 0.25) is 0 Å². The molecule has 0 radical (unpaired) electrons. The van der Waals surface area contributed by atoms with Crippen molar-refractivity contribution in [2.45, 2.75) is 39.3 Å². The molecule has 0 heterocycles. The molecule has 3 heteroatoms. The molecule has 0 aliphatic heterocycles. The Balaban J connectivity index is 1.72. The van der Waals surface area contributed by atoms with E-state index < -0.39 is 0 Å². The van der Waals surface area contributed by atoms with Gasteiger partial charge in [0, 0.05) is 19.1 Å². The van der Waals surface area contributed by atoms with E-state index in [0.29, 0.717) is 6.04 Å². The van der Waals surface area contributed by atoms with Crippen molar-refractivity contribution in [1.82, 2.24) is 10.2 Å². The van der Waals surface area contributed by atoms with Gasteiger partial charge in [-0.3, -0.25) is 0 Å². The maximum Gasteiger partial charge on any atom is 0.119 e. The van der Waals surface area contributed by atoms with Crippen molar-refractivity contribution < 1.29 is 4.74 Å². The fourth-order valence-corrected chi connectivity index (χ4v) is 2.46. The van der Waals surface area contributed by atoms with Gasteiger partial charge in [0.15, 0.2) is 0 Å². The van der Waals surface area contributed by atoms with E-state index in [-0.39, 0.29) is 0 Å². The van der Waals surface area contributed by atoms with Crippen LogP contribution >= 0.6 is 0 Å². The fourth-order valence-electron chi connectivity index (χ4n) is 2.46. The van der Waals surface area contributed by atoms with Gasteiger partial charge in [-0.1, -0.05) is 19.1 Å². The monoisotopic (exact) mass is 276 g/mol. The van der Waals surface area contributed by atoms with E-state index in [0.717, 1.165) is 37.9 Å². The van der Waals surface area contributed by atoms with Crippen molar-refractivity contribution in [1.29, 1.82) is 0 Å². The Hall–Kier alpha value is -1.06. The lowest BCUT2D eigenvalue weighted by molar-refractivity contribution is 0.186. The first kappa shape index (κ1) is 15.3. The van der Waals surface area contributed by atoms with Gasteiger partial charge in [-0.2, -0.15) is 0 Å². The van der Waals surface area contributed by atoms with Crippen molar-refractivity contribution in [2.24, 2.45) is 5.92 Å². The van der Waals surface area contributed by atoms with Crippen LogP contribution in [0.25, 0.3) is 0 Å². The van der Waals surface area contributed by atoms with Crippen molar-refractivity contribution in [2.75, 3.05) is 26.7 Å². The Morgan fingerprint density at radius 1 is 1.40 bits per heavy atom. The van der Waals surface area contributed by atoms with Gasteiger partial charge in [0.2, 0.25) is 0 Å². The first-order valence-corrected chi connectivity index (χ1v) is 7.83. The Morgan fingerprint density at radius 2 is 2.20 bits per heavy atom. The van der Waals surface area contributed by atoms with Crippen LogP contribution in [0.4, 0.5) is 0 Å². The average Bonchev–Trinajstić information content (AvgIpc) is 3.29. The molecular formula is C17H28N2O. The second-order valence-electron chi connectivity index (χ2n) is 5.83. The minimum absolute atomic E-state index is 0.693. The van der Waals surface area contributed by atoms with Gasteiger partial charge in [0.05, 0.1) is 0 Å². The maximum absolute atomic E-state index is 5.88. The average molecular weight is 276 g/mol. The van der Waals surface area contributed by atoms with Gasteiger partial charge in [-0.25, -0.2) is 0 Å². The predicted octanol–water partition coefficient (Wildman–Crippen LogP) is 2.91. The van der Waals surface area contributed by atoms with E-state index in [1.165, 1.54) is 18.4 Å². The molecule has 1 N–H and O–H groups in total. The highest BCUT2D eigenvalue weighted by atomic mass is 16.5. The molecule has 1 aliphatic carbocycles. The highest BCUT2D eigenvalue weighted by Crippen LogP contribution is 2.34. The van der Waals surface area contributed by atoms with E-state index in [1.54, 1.807) is 0 Å². The molecule has 1 fully saturated rings. The SMILES string of the molecule is CCNCc1cccc(OCCN(C)C(C)C2CC2)c1. The Morgan fingerprint density at radius 3 is 2.90 bits per heavy atom. The third kappa shape index (κ3) is 4.80. The van der Waals surface area contributed by atoms with E-state index in [4.69, 9.17) is 4.74 Å². The number of rotatable bonds is 9. The largest absolute Gasteiger partial charge is 0.492 e. The van der Waals surface area contributed by atoms with Crippen molar-refractivity contribution in [3.63, 3.8) is 0 Å². The lowest BCUT2D eigenvalue weighted by Gasteiger charge is -2.24. The quantitative estimate of drug-likeness (QED) is 0.750. The van der Waals surface area contributed by atoms with Crippen molar-refractivity contribution >= 4 is 0 Å². The van der Waals surface area contributed by atoms with E-state index in [2.05, 4.69) is 49.3 Å². The van der Waals surface area contributed by atoms with Crippen LogP contribution in [0.15, 0.2) is 24.3 Å². The third-order valence-electron chi connectivity index (χ3n) is 4.19. The lowest BCUT2D eigenvalue weighted by Crippen LogP contribution is -2.34. The minimum Gasteiger partial charge on any atom is -0.492 e. The van der Waals surface area contributed by atoms with Crippen LogP contribution in [-0.4, -0.2) is 37.7 Å². The Kier molecular flexibility index (Phi) is 5.86. The fraction of sp³-hybridized carbons (Fsp3) is 0.647. The Bertz CT molecular complexity index is 404. The van der Waals surface area contributed by atoms with Gasteiger partial charge in [0.25, 0.3) is 0 Å².